The van der Waals surface area contributed by atoms with Crippen molar-refractivity contribution in [2.24, 2.45) is 5.92 Å². The highest BCUT2D eigenvalue weighted by Gasteiger charge is 2.29. The zero-order valence-corrected chi connectivity index (χ0v) is 11.9. The summed E-state index contributed by atoms with van der Waals surface area (Å²) in [6, 6.07) is 0. The first kappa shape index (κ1) is 14.7. The second-order valence-electron chi connectivity index (χ2n) is 4.85. The molecule has 0 N–H and O–H groups in total. The van der Waals surface area contributed by atoms with Crippen LogP contribution in [0.2, 0.25) is 0 Å². The fraction of sp³-hybridized carbons (Fsp3) is 0.643. The Morgan fingerprint density at radius 3 is 3.00 bits per heavy atom. The second-order valence-corrected chi connectivity index (χ2v) is 4.85. The summed E-state index contributed by atoms with van der Waals surface area (Å²) in [6.07, 6.45) is 3.51. The van der Waals surface area contributed by atoms with Crippen molar-refractivity contribution in [2.75, 3.05) is 24.6 Å². The zero-order valence-electron chi connectivity index (χ0n) is 11.9. The first-order valence-corrected chi connectivity index (χ1v) is 7.08. The van der Waals surface area contributed by atoms with E-state index in [9.17, 15) is 9.18 Å². The van der Waals surface area contributed by atoms with E-state index in [4.69, 9.17) is 4.74 Å². The average molecular weight is 281 g/mol. The smallest absolute Gasteiger partial charge is 0.310 e. The molecule has 0 spiro atoms. The summed E-state index contributed by atoms with van der Waals surface area (Å²) < 4.78 is 19.3. The average Bonchev–Trinajstić information content (AvgIpc) is 2.48. The number of piperidine rings is 1. The van der Waals surface area contributed by atoms with Crippen LogP contribution >= 0.6 is 0 Å². The molecule has 0 saturated carbocycles. The summed E-state index contributed by atoms with van der Waals surface area (Å²) in [6.45, 7) is 5.17. The van der Waals surface area contributed by atoms with Crippen LogP contribution in [-0.4, -0.2) is 35.6 Å². The van der Waals surface area contributed by atoms with E-state index in [1.807, 2.05) is 11.8 Å². The van der Waals surface area contributed by atoms with Gasteiger partial charge in [0.05, 0.1) is 18.2 Å². The van der Waals surface area contributed by atoms with Crippen molar-refractivity contribution in [1.82, 2.24) is 9.97 Å². The predicted molar refractivity (Wildman–Crippen MR) is 72.9 cm³/mol. The molecule has 2 rings (SSSR count). The van der Waals surface area contributed by atoms with Gasteiger partial charge >= 0.3 is 5.97 Å². The van der Waals surface area contributed by atoms with E-state index < -0.39 is 0 Å². The van der Waals surface area contributed by atoms with Crippen LogP contribution in [0.3, 0.4) is 0 Å². The fourth-order valence-corrected chi connectivity index (χ4v) is 2.48. The van der Waals surface area contributed by atoms with Crippen LogP contribution in [0.1, 0.15) is 32.4 Å². The van der Waals surface area contributed by atoms with Crippen molar-refractivity contribution >= 4 is 11.8 Å². The highest BCUT2D eigenvalue weighted by atomic mass is 19.1. The SMILES string of the molecule is CCOC(=O)C1CCCN(c2ncnc(CC)c2F)C1. The molecule has 5 nitrogen and oxygen atoms in total. The van der Waals surface area contributed by atoms with Crippen molar-refractivity contribution in [3.63, 3.8) is 0 Å². The van der Waals surface area contributed by atoms with Gasteiger partial charge in [0.15, 0.2) is 11.6 Å². The molecule has 0 aliphatic carbocycles. The number of rotatable bonds is 4. The van der Waals surface area contributed by atoms with E-state index in [0.29, 0.717) is 37.6 Å². The van der Waals surface area contributed by atoms with Crippen molar-refractivity contribution in [1.29, 1.82) is 0 Å². The number of anilines is 1. The third-order valence-corrected chi connectivity index (χ3v) is 3.52. The van der Waals surface area contributed by atoms with Crippen LogP contribution in [0.25, 0.3) is 0 Å². The minimum absolute atomic E-state index is 0.205. The molecular formula is C14H20FN3O2. The van der Waals surface area contributed by atoms with Gasteiger partial charge in [-0.05, 0) is 26.2 Å². The molecular weight excluding hydrogens is 261 g/mol. The van der Waals surface area contributed by atoms with Crippen LogP contribution in [0, 0.1) is 11.7 Å². The largest absolute Gasteiger partial charge is 0.466 e. The van der Waals surface area contributed by atoms with Crippen LogP contribution in [0.5, 0.6) is 0 Å². The van der Waals surface area contributed by atoms with Gasteiger partial charge in [-0.2, -0.15) is 0 Å². The number of nitrogens with zero attached hydrogens (tertiary/aromatic N) is 3. The van der Waals surface area contributed by atoms with Gasteiger partial charge in [0.25, 0.3) is 0 Å². The number of halogens is 1. The highest BCUT2D eigenvalue weighted by Crippen LogP contribution is 2.25. The van der Waals surface area contributed by atoms with Crippen LogP contribution in [0.4, 0.5) is 10.2 Å². The number of hydrogen-bond acceptors (Lipinski definition) is 5. The molecule has 2 heterocycles. The Balaban J connectivity index is 2.15. The summed E-state index contributed by atoms with van der Waals surface area (Å²) in [4.78, 5) is 21.6. The normalized spacial score (nSPS) is 18.9. The maximum atomic E-state index is 14.3. The molecule has 1 aliphatic heterocycles. The molecule has 1 aromatic heterocycles. The lowest BCUT2D eigenvalue weighted by atomic mass is 9.98. The number of carbonyl (C=O) groups excluding carboxylic acids is 1. The maximum Gasteiger partial charge on any atom is 0.310 e. The van der Waals surface area contributed by atoms with Crippen LogP contribution < -0.4 is 4.90 Å². The summed E-state index contributed by atoms with van der Waals surface area (Å²) >= 11 is 0. The molecule has 1 saturated heterocycles. The standard InChI is InChI=1S/C14H20FN3O2/c1-3-11-12(15)13(17-9-16-11)18-7-5-6-10(8-18)14(19)20-4-2/h9-10H,3-8H2,1-2H3. The van der Waals surface area contributed by atoms with Gasteiger partial charge in [-0.3, -0.25) is 4.79 Å². The minimum atomic E-state index is -0.375. The third kappa shape index (κ3) is 3.05. The molecule has 0 radical (unpaired) electrons. The Morgan fingerprint density at radius 1 is 1.50 bits per heavy atom. The van der Waals surface area contributed by atoms with E-state index in [1.165, 1.54) is 6.33 Å². The minimum Gasteiger partial charge on any atom is -0.466 e. The van der Waals surface area contributed by atoms with Gasteiger partial charge in [0.1, 0.15) is 6.33 Å². The van der Waals surface area contributed by atoms with Crippen LogP contribution in [-0.2, 0) is 16.0 Å². The van der Waals surface area contributed by atoms with Gasteiger partial charge in [-0.15, -0.1) is 0 Å². The summed E-state index contributed by atoms with van der Waals surface area (Å²) in [5.41, 5.74) is 0.410. The molecule has 6 heteroatoms. The first-order valence-electron chi connectivity index (χ1n) is 7.08. The van der Waals surface area contributed by atoms with E-state index in [2.05, 4.69) is 9.97 Å². The summed E-state index contributed by atoms with van der Waals surface area (Å²) in [5.74, 6) is -0.490. The number of carbonyl (C=O) groups is 1. The van der Waals surface area contributed by atoms with E-state index in [1.54, 1.807) is 6.92 Å². The molecule has 1 fully saturated rings. The number of hydrogen-bond donors (Lipinski definition) is 0. The Hall–Kier alpha value is -1.72. The number of aromatic nitrogens is 2. The molecule has 110 valence electrons. The molecule has 20 heavy (non-hydrogen) atoms. The third-order valence-electron chi connectivity index (χ3n) is 3.52. The van der Waals surface area contributed by atoms with E-state index in [-0.39, 0.29) is 17.7 Å². The molecule has 0 bridgehead atoms. The quantitative estimate of drug-likeness (QED) is 0.790. The van der Waals surface area contributed by atoms with Crippen molar-refractivity contribution in [3.8, 4) is 0 Å². The first-order chi connectivity index (χ1) is 9.67. The van der Waals surface area contributed by atoms with Gasteiger partial charge in [0, 0.05) is 13.1 Å². The number of esters is 1. The Labute approximate surface area is 118 Å². The molecule has 0 aromatic carbocycles. The molecule has 1 aliphatic rings. The lowest BCUT2D eigenvalue weighted by Crippen LogP contribution is -2.40. The van der Waals surface area contributed by atoms with Gasteiger partial charge in [0.2, 0.25) is 0 Å². The number of ether oxygens (including phenoxy) is 1. The lowest BCUT2D eigenvalue weighted by molar-refractivity contribution is -0.148. The van der Waals surface area contributed by atoms with Crippen molar-refractivity contribution in [3.05, 3.63) is 17.8 Å². The molecule has 1 aromatic rings. The fourth-order valence-electron chi connectivity index (χ4n) is 2.48. The zero-order chi connectivity index (χ0) is 14.5. The van der Waals surface area contributed by atoms with Crippen LogP contribution in [0.15, 0.2) is 6.33 Å². The predicted octanol–water partition coefficient (Wildman–Crippen LogP) is 1.96. The summed E-state index contributed by atoms with van der Waals surface area (Å²) in [5, 5.41) is 0. The Morgan fingerprint density at radius 2 is 2.30 bits per heavy atom. The van der Waals surface area contributed by atoms with E-state index in [0.717, 1.165) is 12.8 Å². The molecule has 0 amide bonds. The lowest BCUT2D eigenvalue weighted by Gasteiger charge is -2.32. The monoisotopic (exact) mass is 281 g/mol. The Bertz CT molecular complexity index is 481. The van der Waals surface area contributed by atoms with Crippen molar-refractivity contribution in [2.45, 2.75) is 33.1 Å². The highest BCUT2D eigenvalue weighted by molar-refractivity contribution is 5.73. The van der Waals surface area contributed by atoms with Gasteiger partial charge in [-0.1, -0.05) is 6.92 Å². The summed E-state index contributed by atoms with van der Waals surface area (Å²) in [7, 11) is 0. The second kappa shape index (κ2) is 6.63. The maximum absolute atomic E-state index is 14.3. The van der Waals surface area contributed by atoms with E-state index >= 15 is 0 Å². The van der Waals surface area contributed by atoms with Crippen molar-refractivity contribution < 1.29 is 13.9 Å². The molecule has 1 unspecified atom stereocenters. The van der Waals surface area contributed by atoms with Gasteiger partial charge < -0.3 is 9.64 Å². The molecule has 1 atom stereocenters. The Kier molecular flexibility index (Phi) is 4.87. The number of aryl methyl sites for hydroxylation is 1. The topological polar surface area (TPSA) is 55.3 Å². The van der Waals surface area contributed by atoms with Gasteiger partial charge in [-0.25, -0.2) is 14.4 Å².